The van der Waals surface area contributed by atoms with Crippen LogP contribution >= 0.6 is 0 Å². The first-order valence-electron chi connectivity index (χ1n) is 8.03. The normalized spacial score (nSPS) is 38.8. The molecule has 0 aliphatic carbocycles. The van der Waals surface area contributed by atoms with E-state index in [1.165, 1.54) is 71.4 Å². The summed E-state index contributed by atoms with van der Waals surface area (Å²) in [5.74, 6) is 0.937. The molecular formula is C15H29N3. The number of rotatable bonds is 4. The van der Waals surface area contributed by atoms with Crippen LogP contribution in [-0.4, -0.2) is 61.2 Å². The maximum atomic E-state index is 3.88. The molecule has 3 fully saturated rings. The topological polar surface area (TPSA) is 18.5 Å². The second-order valence-corrected chi connectivity index (χ2v) is 6.60. The van der Waals surface area contributed by atoms with Crippen molar-refractivity contribution in [2.24, 2.45) is 5.92 Å². The van der Waals surface area contributed by atoms with Gasteiger partial charge in [-0.2, -0.15) is 0 Å². The van der Waals surface area contributed by atoms with E-state index in [1.807, 2.05) is 0 Å². The van der Waals surface area contributed by atoms with Crippen molar-refractivity contribution in [2.45, 2.75) is 51.1 Å². The summed E-state index contributed by atoms with van der Waals surface area (Å²) in [6, 6.07) is 1.53. The highest BCUT2D eigenvalue weighted by atomic mass is 15.2. The predicted molar refractivity (Wildman–Crippen MR) is 75.8 cm³/mol. The van der Waals surface area contributed by atoms with Crippen LogP contribution in [-0.2, 0) is 0 Å². The zero-order chi connectivity index (χ0) is 12.4. The maximum absolute atomic E-state index is 3.88. The summed E-state index contributed by atoms with van der Waals surface area (Å²) >= 11 is 0. The molecule has 4 atom stereocenters. The molecule has 18 heavy (non-hydrogen) atoms. The summed E-state index contributed by atoms with van der Waals surface area (Å²) in [5, 5.41) is 3.88. The minimum Gasteiger partial charge on any atom is -0.312 e. The van der Waals surface area contributed by atoms with E-state index in [0.717, 1.165) is 18.0 Å². The first-order valence-corrected chi connectivity index (χ1v) is 8.03. The van der Waals surface area contributed by atoms with Crippen LogP contribution in [0.25, 0.3) is 0 Å². The average Bonchev–Trinajstić information content (AvgIpc) is 2.81. The van der Waals surface area contributed by atoms with Crippen molar-refractivity contribution in [3.63, 3.8) is 0 Å². The second kappa shape index (κ2) is 5.89. The van der Waals surface area contributed by atoms with Crippen LogP contribution < -0.4 is 5.32 Å². The molecule has 1 N–H and O–H groups in total. The highest BCUT2D eigenvalue weighted by Gasteiger charge is 2.34. The van der Waals surface area contributed by atoms with Crippen molar-refractivity contribution in [1.82, 2.24) is 15.1 Å². The molecule has 3 heterocycles. The van der Waals surface area contributed by atoms with Crippen molar-refractivity contribution in [1.29, 1.82) is 0 Å². The van der Waals surface area contributed by atoms with Gasteiger partial charge in [-0.1, -0.05) is 6.42 Å². The zero-order valence-electron chi connectivity index (χ0n) is 11.9. The molecular weight excluding hydrogens is 222 g/mol. The minimum absolute atomic E-state index is 0.727. The first-order chi connectivity index (χ1) is 8.83. The number of hydrogen-bond acceptors (Lipinski definition) is 3. The van der Waals surface area contributed by atoms with Crippen LogP contribution in [0.5, 0.6) is 0 Å². The molecule has 104 valence electrons. The van der Waals surface area contributed by atoms with Gasteiger partial charge in [-0.25, -0.2) is 0 Å². The highest BCUT2D eigenvalue weighted by molar-refractivity contribution is 4.91. The summed E-state index contributed by atoms with van der Waals surface area (Å²) in [7, 11) is 0. The van der Waals surface area contributed by atoms with Crippen molar-refractivity contribution in [3.05, 3.63) is 0 Å². The summed E-state index contributed by atoms with van der Waals surface area (Å²) in [6.45, 7) is 10.3. The lowest BCUT2D eigenvalue weighted by Gasteiger charge is -2.36. The van der Waals surface area contributed by atoms with Crippen LogP contribution in [0, 0.1) is 5.92 Å². The Kier molecular flexibility index (Phi) is 4.22. The van der Waals surface area contributed by atoms with Gasteiger partial charge in [0, 0.05) is 25.2 Å². The van der Waals surface area contributed by atoms with E-state index in [9.17, 15) is 0 Å². The summed E-state index contributed by atoms with van der Waals surface area (Å²) in [4.78, 5) is 5.32. The van der Waals surface area contributed by atoms with E-state index in [4.69, 9.17) is 0 Å². The third kappa shape index (κ3) is 2.89. The Hall–Kier alpha value is -0.120. The van der Waals surface area contributed by atoms with E-state index in [2.05, 4.69) is 22.0 Å². The van der Waals surface area contributed by atoms with E-state index in [-0.39, 0.29) is 0 Å². The first kappa shape index (κ1) is 12.9. The minimum atomic E-state index is 0.727. The summed E-state index contributed by atoms with van der Waals surface area (Å²) in [5.41, 5.74) is 0. The number of fused-ring (bicyclic) bond motifs is 2. The Morgan fingerprint density at radius 3 is 2.67 bits per heavy atom. The Morgan fingerprint density at radius 2 is 1.83 bits per heavy atom. The van der Waals surface area contributed by atoms with Gasteiger partial charge in [0.15, 0.2) is 0 Å². The average molecular weight is 251 g/mol. The molecule has 2 bridgehead atoms. The van der Waals surface area contributed by atoms with Crippen LogP contribution in [0.1, 0.15) is 39.0 Å². The van der Waals surface area contributed by atoms with Gasteiger partial charge in [-0.3, -0.25) is 4.90 Å². The fourth-order valence-corrected chi connectivity index (χ4v) is 4.03. The molecule has 4 unspecified atom stereocenters. The van der Waals surface area contributed by atoms with E-state index in [1.54, 1.807) is 0 Å². The molecule has 0 spiro atoms. The van der Waals surface area contributed by atoms with Crippen LogP contribution in [0.2, 0.25) is 0 Å². The predicted octanol–water partition coefficient (Wildman–Crippen LogP) is 1.54. The molecule has 3 nitrogen and oxygen atoms in total. The molecule has 3 aliphatic rings. The largest absolute Gasteiger partial charge is 0.312 e. The fourth-order valence-electron chi connectivity index (χ4n) is 4.03. The quantitative estimate of drug-likeness (QED) is 0.818. The fraction of sp³-hybridized carbons (Fsp3) is 1.00. The number of hydrogen-bond donors (Lipinski definition) is 1. The van der Waals surface area contributed by atoms with Gasteiger partial charge in [-0.05, 0) is 64.7 Å². The van der Waals surface area contributed by atoms with E-state index >= 15 is 0 Å². The smallest absolute Gasteiger partial charge is 0.0192 e. The Morgan fingerprint density at radius 1 is 1.06 bits per heavy atom. The lowest BCUT2D eigenvalue weighted by Crippen LogP contribution is -2.49. The number of nitrogens with zero attached hydrogens (tertiary/aromatic N) is 2. The van der Waals surface area contributed by atoms with Gasteiger partial charge < -0.3 is 10.2 Å². The molecule has 3 heteroatoms. The SMILES string of the molecule is CC(CNC1CCN2CCC1C2)N1CCCCC1. The van der Waals surface area contributed by atoms with Gasteiger partial charge in [0.1, 0.15) is 0 Å². The van der Waals surface area contributed by atoms with Crippen molar-refractivity contribution in [2.75, 3.05) is 39.3 Å². The molecule has 0 aromatic heterocycles. The molecule has 0 radical (unpaired) electrons. The lowest BCUT2D eigenvalue weighted by atomic mass is 9.94. The summed E-state index contributed by atoms with van der Waals surface area (Å²) < 4.78 is 0. The van der Waals surface area contributed by atoms with Crippen LogP contribution in [0.3, 0.4) is 0 Å². The van der Waals surface area contributed by atoms with E-state index in [0.29, 0.717) is 0 Å². The Bertz CT molecular complexity index is 262. The molecule has 0 aromatic rings. The monoisotopic (exact) mass is 251 g/mol. The van der Waals surface area contributed by atoms with Gasteiger partial charge in [0.25, 0.3) is 0 Å². The van der Waals surface area contributed by atoms with Crippen LogP contribution in [0.15, 0.2) is 0 Å². The lowest BCUT2D eigenvalue weighted by molar-refractivity contribution is 0.156. The number of nitrogens with one attached hydrogen (secondary N) is 1. The molecule has 0 aromatic carbocycles. The van der Waals surface area contributed by atoms with Gasteiger partial charge in [0.2, 0.25) is 0 Å². The van der Waals surface area contributed by atoms with Crippen molar-refractivity contribution in [3.8, 4) is 0 Å². The second-order valence-electron chi connectivity index (χ2n) is 6.60. The highest BCUT2D eigenvalue weighted by Crippen LogP contribution is 2.27. The van der Waals surface area contributed by atoms with E-state index < -0.39 is 0 Å². The van der Waals surface area contributed by atoms with Crippen molar-refractivity contribution >= 4 is 0 Å². The zero-order valence-corrected chi connectivity index (χ0v) is 11.9. The number of likely N-dealkylation sites (tertiary alicyclic amines) is 1. The number of piperidine rings is 2. The summed E-state index contributed by atoms with van der Waals surface area (Å²) in [6.07, 6.45) is 7.06. The third-order valence-electron chi connectivity index (χ3n) is 5.32. The third-order valence-corrected chi connectivity index (χ3v) is 5.32. The standard InChI is InChI=1S/C15H29N3/c1-13(18-7-3-2-4-8-18)11-16-15-6-10-17-9-5-14(15)12-17/h13-16H,2-12H2,1H3. The van der Waals surface area contributed by atoms with Crippen molar-refractivity contribution < 1.29 is 0 Å². The molecule has 3 saturated heterocycles. The Balaban J connectivity index is 1.42. The molecule has 3 aliphatic heterocycles. The van der Waals surface area contributed by atoms with Gasteiger partial charge >= 0.3 is 0 Å². The van der Waals surface area contributed by atoms with Crippen LogP contribution in [0.4, 0.5) is 0 Å². The molecule has 0 saturated carbocycles. The molecule has 3 rings (SSSR count). The Labute approximate surface area is 112 Å². The van der Waals surface area contributed by atoms with Gasteiger partial charge in [0.05, 0.1) is 0 Å². The maximum Gasteiger partial charge on any atom is 0.0192 e. The van der Waals surface area contributed by atoms with Gasteiger partial charge in [-0.15, -0.1) is 0 Å². The molecule has 0 amide bonds.